The summed E-state index contributed by atoms with van der Waals surface area (Å²) in [5, 5.41) is 0. The third kappa shape index (κ3) is 3.15. The molecule has 1 amide bonds. The van der Waals surface area contributed by atoms with Gasteiger partial charge in [0.2, 0.25) is 15.9 Å². The van der Waals surface area contributed by atoms with Crippen molar-refractivity contribution < 1.29 is 22.7 Å². The maximum Gasteiger partial charge on any atom is 0.243 e. The topological polar surface area (TPSA) is 102 Å². The Morgan fingerprint density at radius 1 is 1.04 bits per heavy atom. The predicted octanol–water partition coefficient (Wildman–Crippen LogP) is 0.172. The molecule has 2 aliphatic heterocycles. The van der Waals surface area contributed by atoms with Gasteiger partial charge in [0, 0.05) is 32.2 Å². The molecule has 2 heterocycles. The van der Waals surface area contributed by atoms with Crippen LogP contribution in [0.25, 0.3) is 0 Å². The number of hydrogen-bond acceptors (Lipinski definition) is 6. The van der Waals surface area contributed by atoms with Crippen molar-refractivity contribution in [2.45, 2.75) is 29.7 Å². The minimum atomic E-state index is -3.66. The maximum absolute atomic E-state index is 13.0. The number of hydrogen-bond donors (Lipinski definition) is 1. The summed E-state index contributed by atoms with van der Waals surface area (Å²) in [7, 11) is -3.66. The normalized spacial score (nSPS) is 22.6. The lowest BCUT2D eigenvalue weighted by Crippen LogP contribution is -2.47. The van der Waals surface area contributed by atoms with Gasteiger partial charge in [-0.25, -0.2) is 8.42 Å². The lowest BCUT2D eigenvalue weighted by Gasteiger charge is -2.24. The number of ether oxygens (including phenoxy) is 2. The number of carbonyl (C=O) groups excluding carboxylic acids is 1. The number of rotatable bonds is 3. The molecular formula is C17H23N3O5S. The van der Waals surface area contributed by atoms with Crippen LogP contribution >= 0.6 is 0 Å². The quantitative estimate of drug-likeness (QED) is 0.801. The van der Waals surface area contributed by atoms with E-state index in [0.717, 1.165) is 0 Å². The molecule has 0 radical (unpaired) electrons. The molecule has 2 N–H and O–H groups in total. The van der Waals surface area contributed by atoms with Gasteiger partial charge >= 0.3 is 0 Å². The van der Waals surface area contributed by atoms with Gasteiger partial charge in [0.25, 0.3) is 0 Å². The summed E-state index contributed by atoms with van der Waals surface area (Å²) in [6, 6.07) is 4.67. The number of carbonyl (C=O) groups is 1. The Balaban J connectivity index is 1.50. The van der Waals surface area contributed by atoms with E-state index in [9.17, 15) is 13.2 Å². The van der Waals surface area contributed by atoms with Gasteiger partial charge in [-0.3, -0.25) is 4.79 Å². The zero-order valence-corrected chi connectivity index (χ0v) is 15.3. The molecule has 1 aliphatic carbocycles. The van der Waals surface area contributed by atoms with Crippen LogP contribution in [0.1, 0.15) is 19.3 Å². The molecule has 8 nitrogen and oxygen atoms in total. The van der Waals surface area contributed by atoms with Crippen molar-refractivity contribution in [1.82, 2.24) is 9.21 Å². The summed E-state index contributed by atoms with van der Waals surface area (Å²) < 4.78 is 38.4. The number of nitrogens with zero attached hydrogens (tertiary/aromatic N) is 2. The molecule has 1 saturated carbocycles. The van der Waals surface area contributed by atoms with Gasteiger partial charge in [-0.05, 0) is 31.4 Å². The first-order valence-corrected chi connectivity index (χ1v) is 10.3. The van der Waals surface area contributed by atoms with Gasteiger partial charge in [-0.2, -0.15) is 4.31 Å². The monoisotopic (exact) mass is 381 g/mol. The molecule has 1 aromatic rings. The SMILES string of the molecule is NC1(C(=O)N2CCCN(S(=O)(=O)c3ccc4c(c3)OCCO4)CC2)CC1. The van der Waals surface area contributed by atoms with E-state index in [1.54, 1.807) is 11.0 Å². The van der Waals surface area contributed by atoms with Crippen LogP contribution in [0.15, 0.2) is 23.1 Å². The molecule has 2 fully saturated rings. The summed E-state index contributed by atoms with van der Waals surface area (Å²) in [6.07, 6.45) is 2.01. The fraction of sp³-hybridized carbons (Fsp3) is 0.588. The standard InChI is InChI=1S/C17H23N3O5S/c18-17(4-5-17)16(21)19-6-1-7-20(9-8-19)26(22,23)13-2-3-14-15(12-13)25-11-10-24-14/h2-3,12H,1,4-11,18H2. The third-order valence-corrected chi connectivity index (χ3v) is 7.00. The molecule has 1 saturated heterocycles. The molecule has 142 valence electrons. The molecule has 0 atom stereocenters. The average molecular weight is 381 g/mol. The minimum Gasteiger partial charge on any atom is -0.486 e. The molecule has 0 spiro atoms. The molecule has 9 heteroatoms. The first kappa shape index (κ1) is 17.6. The summed E-state index contributed by atoms with van der Waals surface area (Å²) in [5.41, 5.74) is 5.28. The highest BCUT2D eigenvalue weighted by Crippen LogP contribution is 2.35. The Morgan fingerprint density at radius 2 is 1.77 bits per heavy atom. The summed E-state index contributed by atoms with van der Waals surface area (Å²) in [4.78, 5) is 14.3. The summed E-state index contributed by atoms with van der Waals surface area (Å²) in [6.45, 7) is 2.39. The van der Waals surface area contributed by atoms with Crippen LogP contribution in [0, 0.1) is 0 Å². The highest BCUT2D eigenvalue weighted by atomic mass is 32.2. The second-order valence-electron chi connectivity index (χ2n) is 7.01. The molecule has 0 unspecified atom stereocenters. The van der Waals surface area contributed by atoms with Crippen molar-refractivity contribution in [2.75, 3.05) is 39.4 Å². The predicted molar refractivity (Wildman–Crippen MR) is 93.5 cm³/mol. The molecule has 0 aromatic heterocycles. The van der Waals surface area contributed by atoms with E-state index in [-0.39, 0.29) is 17.3 Å². The Morgan fingerprint density at radius 3 is 2.50 bits per heavy atom. The lowest BCUT2D eigenvalue weighted by atomic mass is 10.2. The number of fused-ring (bicyclic) bond motifs is 1. The largest absolute Gasteiger partial charge is 0.486 e. The number of nitrogens with two attached hydrogens (primary N) is 1. The Labute approximate surface area is 152 Å². The van der Waals surface area contributed by atoms with Gasteiger partial charge in [-0.1, -0.05) is 0 Å². The van der Waals surface area contributed by atoms with Crippen molar-refractivity contribution in [3.05, 3.63) is 18.2 Å². The Kier molecular flexibility index (Phi) is 4.32. The van der Waals surface area contributed by atoms with Crippen molar-refractivity contribution in [3.63, 3.8) is 0 Å². The first-order valence-electron chi connectivity index (χ1n) is 8.88. The van der Waals surface area contributed by atoms with Crippen molar-refractivity contribution in [1.29, 1.82) is 0 Å². The maximum atomic E-state index is 13.0. The fourth-order valence-corrected chi connectivity index (χ4v) is 4.82. The molecule has 3 aliphatic rings. The van der Waals surface area contributed by atoms with E-state index in [2.05, 4.69) is 0 Å². The second kappa shape index (κ2) is 6.40. The van der Waals surface area contributed by atoms with Gasteiger partial charge in [0.1, 0.15) is 13.2 Å². The van der Waals surface area contributed by atoms with Gasteiger partial charge in [-0.15, -0.1) is 0 Å². The molecule has 26 heavy (non-hydrogen) atoms. The molecular weight excluding hydrogens is 358 g/mol. The highest BCUT2D eigenvalue weighted by molar-refractivity contribution is 7.89. The molecule has 4 rings (SSSR count). The molecule has 0 bridgehead atoms. The van der Waals surface area contributed by atoms with Crippen LogP contribution in [0.2, 0.25) is 0 Å². The minimum absolute atomic E-state index is 0.0592. The summed E-state index contributed by atoms with van der Waals surface area (Å²) >= 11 is 0. The van der Waals surface area contributed by atoms with Crippen molar-refractivity contribution >= 4 is 15.9 Å². The van der Waals surface area contributed by atoms with Crippen molar-refractivity contribution in [2.24, 2.45) is 5.73 Å². The Hall–Kier alpha value is -1.84. The number of sulfonamides is 1. The smallest absolute Gasteiger partial charge is 0.243 e. The van der Waals surface area contributed by atoms with Crippen LogP contribution in [-0.4, -0.2) is 68.5 Å². The van der Waals surface area contributed by atoms with Gasteiger partial charge in [0.15, 0.2) is 11.5 Å². The summed E-state index contributed by atoms with van der Waals surface area (Å²) in [5.74, 6) is 0.944. The zero-order chi connectivity index (χ0) is 18.4. The van der Waals surface area contributed by atoms with E-state index in [1.807, 2.05) is 0 Å². The first-order chi connectivity index (χ1) is 12.4. The highest BCUT2D eigenvalue weighted by Gasteiger charge is 2.48. The van der Waals surface area contributed by atoms with Crippen LogP contribution in [0.4, 0.5) is 0 Å². The van der Waals surface area contributed by atoms with Crippen molar-refractivity contribution in [3.8, 4) is 11.5 Å². The number of amides is 1. The van der Waals surface area contributed by atoms with E-state index in [0.29, 0.717) is 63.6 Å². The fourth-order valence-electron chi connectivity index (χ4n) is 3.33. The van der Waals surface area contributed by atoms with Crippen LogP contribution in [0.3, 0.4) is 0 Å². The lowest BCUT2D eigenvalue weighted by molar-refractivity contribution is -0.133. The van der Waals surface area contributed by atoms with Gasteiger partial charge < -0.3 is 20.1 Å². The van der Waals surface area contributed by atoms with Crippen LogP contribution in [0.5, 0.6) is 11.5 Å². The van der Waals surface area contributed by atoms with Gasteiger partial charge in [0.05, 0.1) is 10.4 Å². The van der Waals surface area contributed by atoms with Crippen LogP contribution in [-0.2, 0) is 14.8 Å². The molecule has 1 aromatic carbocycles. The Bertz CT molecular complexity index is 822. The van der Waals surface area contributed by atoms with E-state index in [1.165, 1.54) is 16.4 Å². The number of benzene rings is 1. The van der Waals surface area contributed by atoms with E-state index >= 15 is 0 Å². The average Bonchev–Trinajstić information content (AvgIpc) is 3.43. The second-order valence-corrected chi connectivity index (χ2v) is 8.95. The van der Waals surface area contributed by atoms with E-state index < -0.39 is 15.6 Å². The zero-order valence-electron chi connectivity index (χ0n) is 14.5. The third-order valence-electron chi connectivity index (χ3n) is 5.11. The van der Waals surface area contributed by atoms with E-state index in [4.69, 9.17) is 15.2 Å². The van der Waals surface area contributed by atoms with Crippen LogP contribution < -0.4 is 15.2 Å².